The first kappa shape index (κ1) is 13.5. The second kappa shape index (κ2) is 5.39. The molecule has 2 aromatic rings. The van der Waals surface area contributed by atoms with E-state index in [2.05, 4.69) is 15.9 Å². The number of halogens is 3. The van der Waals surface area contributed by atoms with Crippen LogP contribution in [0.3, 0.4) is 0 Å². The van der Waals surface area contributed by atoms with Crippen LogP contribution in [0.1, 0.15) is 22.7 Å². The minimum atomic E-state index is -0.293. The molecule has 0 aromatic heterocycles. The van der Waals surface area contributed by atoms with Gasteiger partial charge in [-0.2, -0.15) is 0 Å². The van der Waals surface area contributed by atoms with Gasteiger partial charge in [-0.25, -0.2) is 4.39 Å². The van der Waals surface area contributed by atoms with Crippen molar-refractivity contribution in [3.05, 3.63) is 68.4 Å². The van der Waals surface area contributed by atoms with Gasteiger partial charge in [-0.15, -0.1) is 0 Å². The molecule has 0 saturated heterocycles. The second-order valence-corrected chi connectivity index (χ2v) is 5.44. The first-order chi connectivity index (χ1) is 8.49. The van der Waals surface area contributed by atoms with Gasteiger partial charge in [-0.1, -0.05) is 23.7 Å². The van der Waals surface area contributed by atoms with Crippen LogP contribution >= 0.6 is 27.5 Å². The molecular formula is C14H12BrClFN. The molecule has 0 fully saturated rings. The normalized spacial score (nSPS) is 12.5. The highest BCUT2D eigenvalue weighted by atomic mass is 79.9. The van der Waals surface area contributed by atoms with E-state index < -0.39 is 0 Å². The van der Waals surface area contributed by atoms with Crippen molar-refractivity contribution < 1.29 is 4.39 Å². The van der Waals surface area contributed by atoms with Crippen LogP contribution in [-0.2, 0) is 0 Å². The summed E-state index contributed by atoms with van der Waals surface area (Å²) in [5.41, 5.74) is 9.06. The molecule has 0 amide bonds. The van der Waals surface area contributed by atoms with Crippen LogP contribution in [0.15, 0.2) is 40.9 Å². The van der Waals surface area contributed by atoms with Crippen molar-refractivity contribution in [2.24, 2.45) is 5.73 Å². The molecule has 2 rings (SSSR count). The van der Waals surface area contributed by atoms with Gasteiger partial charge in [0.15, 0.2) is 0 Å². The topological polar surface area (TPSA) is 26.0 Å². The SMILES string of the molecule is Cc1cc(Cl)ccc1C(N)c1ccc(F)c(Br)c1. The van der Waals surface area contributed by atoms with Gasteiger partial charge in [-0.05, 0) is 63.8 Å². The van der Waals surface area contributed by atoms with E-state index in [-0.39, 0.29) is 11.9 Å². The van der Waals surface area contributed by atoms with Crippen molar-refractivity contribution in [2.75, 3.05) is 0 Å². The number of benzene rings is 2. The molecule has 2 N–H and O–H groups in total. The molecule has 1 atom stereocenters. The van der Waals surface area contributed by atoms with E-state index in [9.17, 15) is 4.39 Å². The highest BCUT2D eigenvalue weighted by molar-refractivity contribution is 9.10. The summed E-state index contributed by atoms with van der Waals surface area (Å²) in [6.07, 6.45) is 0. The van der Waals surface area contributed by atoms with Crippen molar-refractivity contribution in [3.8, 4) is 0 Å². The van der Waals surface area contributed by atoms with Crippen molar-refractivity contribution in [3.63, 3.8) is 0 Å². The van der Waals surface area contributed by atoms with E-state index in [1.54, 1.807) is 12.1 Å². The first-order valence-corrected chi connectivity index (χ1v) is 6.62. The Kier molecular flexibility index (Phi) is 4.05. The fourth-order valence-electron chi connectivity index (χ4n) is 1.87. The maximum Gasteiger partial charge on any atom is 0.137 e. The van der Waals surface area contributed by atoms with E-state index in [4.69, 9.17) is 17.3 Å². The molecule has 0 radical (unpaired) electrons. The Hall–Kier alpha value is -0.900. The number of aryl methyl sites for hydroxylation is 1. The van der Waals surface area contributed by atoms with E-state index in [1.807, 2.05) is 25.1 Å². The number of hydrogen-bond acceptors (Lipinski definition) is 1. The predicted molar refractivity (Wildman–Crippen MR) is 76.3 cm³/mol. The second-order valence-electron chi connectivity index (χ2n) is 4.15. The zero-order valence-corrected chi connectivity index (χ0v) is 12.1. The Morgan fingerprint density at radius 1 is 1.22 bits per heavy atom. The van der Waals surface area contributed by atoms with E-state index >= 15 is 0 Å². The number of rotatable bonds is 2. The Bertz CT molecular complexity index is 586. The molecule has 1 unspecified atom stereocenters. The Labute approximate surface area is 119 Å². The average Bonchev–Trinajstić information content (AvgIpc) is 2.32. The lowest BCUT2D eigenvalue weighted by molar-refractivity contribution is 0.619. The summed E-state index contributed by atoms with van der Waals surface area (Å²) in [5.74, 6) is -0.293. The van der Waals surface area contributed by atoms with Crippen LogP contribution in [0.5, 0.6) is 0 Å². The molecule has 0 heterocycles. The molecule has 0 saturated carbocycles. The standard InChI is InChI=1S/C14H12BrClFN/c1-8-6-10(16)3-4-11(8)14(18)9-2-5-13(17)12(15)7-9/h2-7,14H,18H2,1H3. The maximum atomic E-state index is 13.2. The van der Waals surface area contributed by atoms with Gasteiger partial charge in [0.05, 0.1) is 10.5 Å². The molecule has 0 aliphatic carbocycles. The quantitative estimate of drug-likeness (QED) is 0.856. The van der Waals surface area contributed by atoms with Crippen molar-refractivity contribution in [1.29, 1.82) is 0 Å². The molecule has 0 aliphatic heterocycles. The van der Waals surface area contributed by atoms with Crippen LogP contribution < -0.4 is 5.73 Å². The zero-order chi connectivity index (χ0) is 13.3. The molecule has 2 aromatic carbocycles. The Balaban J connectivity index is 2.41. The third-order valence-electron chi connectivity index (χ3n) is 2.87. The molecule has 0 bridgehead atoms. The molecule has 1 nitrogen and oxygen atoms in total. The largest absolute Gasteiger partial charge is 0.320 e. The van der Waals surface area contributed by atoms with Gasteiger partial charge < -0.3 is 5.73 Å². The monoisotopic (exact) mass is 327 g/mol. The molecule has 18 heavy (non-hydrogen) atoms. The minimum Gasteiger partial charge on any atom is -0.320 e. The number of hydrogen-bond donors (Lipinski definition) is 1. The predicted octanol–water partition coefficient (Wildman–Crippen LogP) is 4.60. The third-order valence-corrected chi connectivity index (χ3v) is 3.71. The fraction of sp³-hybridized carbons (Fsp3) is 0.143. The highest BCUT2D eigenvalue weighted by Crippen LogP contribution is 2.27. The Morgan fingerprint density at radius 2 is 1.94 bits per heavy atom. The van der Waals surface area contributed by atoms with E-state index in [0.29, 0.717) is 9.50 Å². The van der Waals surface area contributed by atoms with Gasteiger partial charge in [0, 0.05) is 5.02 Å². The van der Waals surface area contributed by atoms with Gasteiger partial charge in [-0.3, -0.25) is 0 Å². The molecular weight excluding hydrogens is 317 g/mol. The molecule has 94 valence electrons. The molecule has 0 spiro atoms. The minimum absolute atomic E-state index is 0.292. The third kappa shape index (κ3) is 2.74. The van der Waals surface area contributed by atoms with Gasteiger partial charge in [0.1, 0.15) is 5.82 Å². The highest BCUT2D eigenvalue weighted by Gasteiger charge is 2.13. The van der Waals surface area contributed by atoms with Crippen LogP contribution in [0, 0.1) is 12.7 Å². The fourth-order valence-corrected chi connectivity index (χ4v) is 2.50. The van der Waals surface area contributed by atoms with Crippen molar-refractivity contribution in [2.45, 2.75) is 13.0 Å². The van der Waals surface area contributed by atoms with Crippen LogP contribution in [0.2, 0.25) is 5.02 Å². The smallest absolute Gasteiger partial charge is 0.137 e. The zero-order valence-electron chi connectivity index (χ0n) is 9.75. The van der Waals surface area contributed by atoms with Crippen molar-refractivity contribution in [1.82, 2.24) is 0 Å². The van der Waals surface area contributed by atoms with Gasteiger partial charge in [0.2, 0.25) is 0 Å². The summed E-state index contributed by atoms with van der Waals surface area (Å²) < 4.78 is 13.6. The van der Waals surface area contributed by atoms with Gasteiger partial charge >= 0.3 is 0 Å². The summed E-state index contributed by atoms with van der Waals surface area (Å²) in [6.45, 7) is 1.96. The Morgan fingerprint density at radius 3 is 2.56 bits per heavy atom. The van der Waals surface area contributed by atoms with Gasteiger partial charge in [0.25, 0.3) is 0 Å². The van der Waals surface area contributed by atoms with Crippen LogP contribution in [-0.4, -0.2) is 0 Å². The summed E-state index contributed by atoms with van der Waals surface area (Å²) in [5, 5.41) is 0.684. The maximum absolute atomic E-state index is 13.2. The number of nitrogens with two attached hydrogens (primary N) is 1. The summed E-state index contributed by atoms with van der Waals surface area (Å²) in [6, 6.07) is 10.1. The first-order valence-electron chi connectivity index (χ1n) is 5.45. The van der Waals surface area contributed by atoms with Crippen molar-refractivity contribution >= 4 is 27.5 Å². The summed E-state index contributed by atoms with van der Waals surface area (Å²) in [4.78, 5) is 0. The van der Waals surface area contributed by atoms with E-state index in [1.165, 1.54) is 6.07 Å². The summed E-state index contributed by atoms with van der Waals surface area (Å²) in [7, 11) is 0. The molecule has 4 heteroatoms. The summed E-state index contributed by atoms with van der Waals surface area (Å²) >= 11 is 9.08. The van der Waals surface area contributed by atoms with E-state index in [0.717, 1.165) is 16.7 Å². The molecule has 0 aliphatic rings. The van der Waals surface area contributed by atoms with Crippen LogP contribution in [0.4, 0.5) is 4.39 Å². The van der Waals surface area contributed by atoms with Crippen LogP contribution in [0.25, 0.3) is 0 Å². The lowest BCUT2D eigenvalue weighted by Crippen LogP contribution is -2.13. The lowest BCUT2D eigenvalue weighted by Gasteiger charge is -2.16. The average molecular weight is 329 g/mol. The lowest BCUT2D eigenvalue weighted by atomic mass is 9.96.